The van der Waals surface area contributed by atoms with E-state index in [1.807, 2.05) is 38.1 Å². The molecule has 150 valence electrons. The minimum atomic E-state index is -0.198. The summed E-state index contributed by atoms with van der Waals surface area (Å²) < 4.78 is 0. The minimum Gasteiger partial charge on any atom is -0.352 e. The zero-order valence-electron chi connectivity index (χ0n) is 16.4. The van der Waals surface area contributed by atoms with E-state index in [9.17, 15) is 9.59 Å². The molecule has 2 amide bonds. The lowest BCUT2D eigenvalue weighted by atomic mass is 10.1. The first kappa shape index (κ1) is 20.4. The highest BCUT2D eigenvalue weighted by Gasteiger charge is 2.22. The van der Waals surface area contributed by atoms with Crippen molar-refractivity contribution in [3.63, 3.8) is 0 Å². The summed E-state index contributed by atoms with van der Waals surface area (Å²) in [6, 6.07) is 8.25. The first-order valence-electron chi connectivity index (χ1n) is 9.71. The molecule has 1 aromatic heterocycles. The maximum absolute atomic E-state index is 12.3. The highest BCUT2D eigenvalue weighted by molar-refractivity contribution is 7.13. The van der Waals surface area contributed by atoms with Crippen LogP contribution in [0.4, 0.5) is 0 Å². The number of carbonyl (C=O) groups excluding carboxylic acids is 2. The Morgan fingerprint density at radius 1 is 1.25 bits per heavy atom. The van der Waals surface area contributed by atoms with Crippen LogP contribution in [0.5, 0.6) is 0 Å². The standard InChI is InChI=1S/C20H27N5O2S/c1-3-17(26)22-16-5-4-10-25(12-16)13-18-23-24-20(28-18)19(27)21-11-15-8-6-14(2)7-9-15/h6-9,16H,3-5,10-13H2,1-2H3,(H,21,27)(H,22,26). The lowest BCUT2D eigenvalue weighted by Crippen LogP contribution is -2.47. The van der Waals surface area contributed by atoms with Crippen molar-refractivity contribution in [2.24, 2.45) is 0 Å². The van der Waals surface area contributed by atoms with Gasteiger partial charge in [0, 0.05) is 25.6 Å². The molecule has 28 heavy (non-hydrogen) atoms. The molecule has 0 radical (unpaired) electrons. The number of aromatic nitrogens is 2. The van der Waals surface area contributed by atoms with Crippen molar-refractivity contribution in [2.45, 2.75) is 52.2 Å². The van der Waals surface area contributed by atoms with E-state index in [4.69, 9.17) is 0 Å². The Kier molecular flexibility index (Phi) is 7.11. The van der Waals surface area contributed by atoms with Gasteiger partial charge in [-0.1, -0.05) is 48.1 Å². The van der Waals surface area contributed by atoms with Crippen LogP contribution in [0.2, 0.25) is 0 Å². The maximum Gasteiger partial charge on any atom is 0.282 e. The second-order valence-electron chi connectivity index (χ2n) is 7.16. The molecule has 1 unspecified atom stereocenters. The maximum atomic E-state index is 12.3. The predicted molar refractivity (Wildman–Crippen MR) is 109 cm³/mol. The Bertz CT molecular complexity index is 805. The van der Waals surface area contributed by atoms with Crippen molar-refractivity contribution in [3.05, 3.63) is 45.4 Å². The first-order chi connectivity index (χ1) is 13.5. The van der Waals surface area contributed by atoms with E-state index in [0.717, 1.165) is 36.5 Å². The number of amides is 2. The molecule has 0 spiro atoms. The van der Waals surface area contributed by atoms with Gasteiger partial charge >= 0.3 is 0 Å². The van der Waals surface area contributed by atoms with Crippen LogP contribution in [-0.4, -0.2) is 46.0 Å². The highest BCUT2D eigenvalue weighted by Crippen LogP contribution is 2.17. The van der Waals surface area contributed by atoms with Gasteiger partial charge in [-0.2, -0.15) is 0 Å². The second-order valence-corrected chi connectivity index (χ2v) is 8.23. The molecule has 7 nitrogen and oxygen atoms in total. The van der Waals surface area contributed by atoms with Crippen molar-refractivity contribution < 1.29 is 9.59 Å². The normalized spacial score (nSPS) is 17.3. The van der Waals surface area contributed by atoms with E-state index < -0.39 is 0 Å². The van der Waals surface area contributed by atoms with Crippen molar-refractivity contribution >= 4 is 23.2 Å². The third-order valence-electron chi connectivity index (χ3n) is 4.79. The summed E-state index contributed by atoms with van der Waals surface area (Å²) >= 11 is 1.33. The molecular weight excluding hydrogens is 374 g/mol. The van der Waals surface area contributed by atoms with Crippen LogP contribution in [-0.2, 0) is 17.9 Å². The lowest BCUT2D eigenvalue weighted by Gasteiger charge is -2.32. The van der Waals surface area contributed by atoms with Gasteiger partial charge in [-0.25, -0.2) is 0 Å². The number of rotatable bonds is 7. The summed E-state index contributed by atoms with van der Waals surface area (Å²) in [6.07, 6.45) is 2.55. The highest BCUT2D eigenvalue weighted by atomic mass is 32.1. The summed E-state index contributed by atoms with van der Waals surface area (Å²) in [5.41, 5.74) is 2.25. The molecule has 2 heterocycles. The number of carbonyl (C=O) groups is 2. The SMILES string of the molecule is CCC(=O)NC1CCCN(Cc2nnc(C(=O)NCc3ccc(C)cc3)s2)C1. The van der Waals surface area contributed by atoms with Crippen molar-refractivity contribution in [1.29, 1.82) is 0 Å². The molecule has 1 atom stereocenters. The fourth-order valence-electron chi connectivity index (χ4n) is 3.21. The van der Waals surface area contributed by atoms with Crippen molar-refractivity contribution in [2.75, 3.05) is 13.1 Å². The number of benzene rings is 1. The molecule has 0 bridgehead atoms. The minimum absolute atomic E-state index is 0.0929. The third-order valence-corrected chi connectivity index (χ3v) is 5.69. The van der Waals surface area contributed by atoms with Gasteiger partial charge in [0.05, 0.1) is 6.54 Å². The number of hydrogen-bond acceptors (Lipinski definition) is 6. The van der Waals surface area contributed by atoms with Crippen LogP contribution in [0.15, 0.2) is 24.3 Å². The van der Waals surface area contributed by atoms with Gasteiger partial charge in [0.2, 0.25) is 10.9 Å². The van der Waals surface area contributed by atoms with Crippen molar-refractivity contribution in [3.8, 4) is 0 Å². The first-order valence-corrected chi connectivity index (χ1v) is 10.5. The number of nitrogens with one attached hydrogen (secondary N) is 2. The summed E-state index contributed by atoms with van der Waals surface area (Å²) in [6.45, 7) is 6.80. The molecular formula is C20H27N5O2S. The van der Waals surface area contributed by atoms with Crippen molar-refractivity contribution in [1.82, 2.24) is 25.7 Å². The molecule has 1 aliphatic rings. The lowest BCUT2D eigenvalue weighted by molar-refractivity contribution is -0.121. The topological polar surface area (TPSA) is 87.2 Å². The number of aryl methyl sites for hydroxylation is 1. The quantitative estimate of drug-likeness (QED) is 0.743. The van der Waals surface area contributed by atoms with Crippen LogP contribution in [0.3, 0.4) is 0 Å². The molecule has 1 aromatic carbocycles. The average Bonchev–Trinajstić information content (AvgIpc) is 3.16. The summed E-state index contributed by atoms with van der Waals surface area (Å²) in [4.78, 5) is 26.2. The van der Waals surface area contributed by atoms with Gasteiger partial charge in [-0.05, 0) is 31.9 Å². The van der Waals surface area contributed by atoms with E-state index in [-0.39, 0.29) is 17.9 Å². The Labute approximate surface area is 169 Å². The molecule has 3 rings (SSSR count). The predicted octanol–water partition coefficient (Wildman–Crippen LogP) is 2.27. The van der Waals surface area contributed by atoms with Crippen LogP contribution in [0.1, 0.15) is 52.1 Å². The number of likely N-dealkylation sites (tertiary alicyclic amines) is 1. The van der Waals surface area contributed by atoms with Crippen LogP contribution >= 0.6 is 11.3 Å². The van der Waals surface area contributed by atoms with E-state index in [0.29, 0.717) is 24.5 Å². The van der Waals surface area contributed by atoms with Gasteiger partial charge in [-0.3, -0.25) is 14.5 Å². The molecule has 8 heteroatoms. The molecule has 2 aromatic rings. The number of nitrogens with zero attached hydrogens (tertiary/aromatic N) is 3. The van der Waals surface area contributed by atoms with Gasteiger partial charge < -0.3 is 10.6 Å². The molecule has 2 N–H and O–H groups in total. The average molecular weight is 402 g/mol. The zero-order chi connectivity index (χ0) is 19.9. The van der Waals surface area contributed by atoms with E-state index in [2.05, 4.69) is 25.7 Å². The second kappa shape index (κ2) is 9.75. The van der Waals surface area contributed by atoms with E-state index in [1.165, 1.54) is 16.9 Å². The van der Waals surface area contributed by atoms with Crippen LogP contribution in [0.25, 0.3) is 0 Å². The van der Waals surface area contributed by atoms with Gasteiger partial charge in [0.15, 0.2) is 0 Å². The molecule has 0 aliphatic carbocycles. The third kappa shape index (κ3) is 5.84. The van der Waals surface area contributed by atoms with Crippen LogP contribution < -0.4 is 10.6 Å². The summed E-state index contributed by atoms with van der Waals surface area (Å²) in [5.74, 6) is -0.105. The number of piperidine rings is 1. The Balaban J connectivity index is 1.49. The fraction of sp³-hybridized carbons (Fsp3) is 0.500. The van der Waals surface area contributed by atoms with Crippen LogP contribution in [0, 0.1) is 6.92 Å². The largest absolute Gasteiger partial charge is 0.352 e. The molecule has 1 fully saturated rings. The number of hydrogen-bond donors (Lipinski definition) is 2. The Morgan fingerprint density at radius 2 is 2.04 bits per heavy atom. The van der Waals surface area contributed by atoms with E-state index >= 15 is 0 Å². The summed E-state index contributed by atoms with van der Waals surface area (Å²) in [7, 11) is 0. The van der Waals surface area contributed by atoms with Gasteiger partial charge in [0.25, 0.3) is 5.91 Å². The monoisotopic (exact) mass is 401 g/mol. The molecule has 0 saturated carbocycles. The fourth-order valence-corrected chi connectivity index (χ4v) is 4.01. The Hall–Kier alpha value is -2.32. The van der Waals surface area contributed by atoms with Gasteiger partial charge in [-0.15, -0.1) is 10.2 Å². The smallest absolute Gasteiger partial charge is 0.282 e. The molecule has 1 saturated heterocycles. The van der Waals surface area contributed by atoms with E-state index in [1.54, 1.807) is 0 Å². The Morgan fingerprint density at radius 3 is 2.79 bits per heavy atom. The zero-order valence-corrected chi connectivity index (χ0v) is 17.2. The van der Waals surface area contributed by atoms with Gasteiger partial charge in [0.1, 0.15) is 5.01 Å². The molecule has 1 aliphatic heterocycles. The summed E-state index contributed by atoms with van der Waals surface area (Å²) in [5, 5.41) is 15.4.